The van der Waals surface area contributed by atoms with E-state index < -0.39 is 4.92 Å². The number of hydrogen-bond donors (Lipinski definition) is 0. The Kier molecular flexibility index (Phi) is 3.58. The molecule has 0 unspecified atom stereocenters. The predicted octanol–water partition coefficient (Wildman–Crippen LogP) is 3.06. The summed E-state index contributed by atoms with van der Waals surface area (Å²) in [6, 6.07) is 4.50. The maximum Gasteiger partial charge on any atom is 0.324 e. The molecule has 0 radical (unpaired) electrons. The third-order valence-corrected chi connectivity index (χ3v) is 4.02. The van der Waals surface area contributed by atoms with Crippen LogP contribution in [0.3, 0.4) is 0 Å². The second kappa shape index (κ2) is 5.42. The lowest BCUT2D eigenvalue weighted by molar-refractivity contribution is -0.383. The molecule has 22 heavy (non-hydrogen) atoms. The van der Waals surface area contributed by atoms with Gasteiger partial charge in [0.2, 0.25) is 0 Å². The van der Waals surface area contributed by atoms with Crippen LogP contribution < -0.4 is 4.90 Å². The molecule has 2 heterocycles. The number of benzene rings is 1. The van der Waals surface area contributed by atoms with Crippen LogP contribution in [0.5, 0.6) is 0 Å². The van der Waals surface area contributed by atoms with E-state index in [2.05, 4.69) is 4.98 Å². The van der Waals surface area contributed by atoms with Crippen molar-refractivity contribution in [3.63, 3.8) is 0 Å². The normalized spacial score (nSPS) is 14.9. The number of rotatable bonds is 3. The van der Waals surface area contributed by atoms with Crippen LogP contribution in [0.15, 0.2) is 24.4 Å². The number of pyridine rings is 1. The summed E-state index contributed by atoms with van der Waals surface area (Å²) >= 11 is 6.23. The zero-order chi connectivity index (χ0) is 15.9. The first kappa shape index (κ1) is 14.5. The highest BCUT2D eigenvalue weighted by Gasteiger charge is 2.31. The van der Waals surface area contributed by atoms with E-state index in [0.29, 0.717) is 35.7 Å². The van der Waals surface area contributed by atoms with Gasteiger partial charge in [-0.1, -0.05) is 23.7 Å². The van der Waals surface area contributed by atoms with Gasteiger partial charge in [-0.3, -0.25) is 15.0 Å². The molecule has 0 atom stereocenters. The predicted molar refractivity (Wildman–Crippen MR) is 83.4 cm³/mol. The standard InChI is InChI=1S/C14H13ClN4O3/c1-2-17-6-7-18(14(17)20)13-9-4-3-5-11(19(21)22)12(9)16-8-10(13)15/h3-5,8H,2,6-7H2,1H3. The van der Waals surface area contributed by atoms with Gasteiger partial charge >= 0.3 is 6.03 Å². The van der Waals surface area contributed by atoms with Crippen molar-refractivity contribution in [1.29, 1.82) is 0 Å². The fourth-order valence-corrected chi connectivity index (χ4v) is 2.93. The first-order valence-electron chi connectivity index (χ1n) is 6.82. The summed E-state index contributed by atoms with van der Waals surface area (Å²) in [6.45, 7) is 3.60. The van der Waals surface area contributed by atoms with Crippen molar-refractivity contribution in [3.8, 4) is 0 Å². The first-order valence-corrected chi connectivity index (χ1v) is 7.20. The molecule has 0 saturated carbocycles. The molecule has 7 nitrogen and oxygen atoms in total. The van der Waals surface area contributed by atoms with Crippen molar-refractivity contribution in [2.75, 3.05) is 24.5 Å². The molecule has 8 heteroatoms. The average molecular weight is 321 g/mol. The lowest BCUT2D eigenvalue weighted by Gasteiger charge is -2.20. The highest BCUT2D eigenvalue weighted by Crippen LogP contribution is 2.37. The number of nitro benzene ring substituents is 1. The largest absolute Gasteiger partial charge is 0.324 e. The summed E-state index contributed by atoms with van der Waals surface area (Å²) in [5, 5.41) is 12.0. The fraction of sp³-hybridized carbons (Fsp3) is 0.286. The van der Waals surface area contributed by atoms with E-state index in [0.717, 1.165) is 0 Å². The maximum absolute atomic E-state index is 12.4. The molecule has 1 fully saturated rings. The molecular formula is C14H13ClN4O3. The van der Waals surface area contributed by atoms with E-state index in [-0.39, 0.29) is 17.2 Å². The number of nitro groups is 1. The zero-order valence-electron chi connectivity index (χ0n) is 11.8. The Hall–Kier alpha value is -2.41. The minimum atomic E-state index is -0.489. The summed E-state index contributed by atoms with van der Waals surface area (Å²) < 4.78 is 0. The van der Waals surface area contributed by atoms with Crippen LogP contribution in [-0.2, 0) is 0 Å². The Morgan fingerprint density at radius 2 is 2.18 bits per heavy atom. The Morgan fingerprint density at radius 3 is 2.82 bits per heavy atom. The van der Waals surface area contributed by atoms with Crippen molar-refractivity contribution in [2.45, 2.75) is 6.92 Å². The number of aromatic nitrogens is 1. The van der Waals surface area contributed by atoms with Crippen LogP contribution in [0.2, 0.25) is 5.02 Å². The van der Waals surface area contributed by atoms with Gasteiger partial charge in [0.1, 0.15) is 5.52 Å². The monoisotopic (exact) mass is 320 g/mol. The molecular weight excluding hydrogens is 308 g/mol. The fourth-order valence-electron chi connectivity index (χ4n) is 2.67. The summed E-state index contributed by atoms with van der Waals surface area (Å²) in [4.78, 5) is 30.4. The van der Waals surface area contributed by atoms with E-state index in [1.54, 1.807) is 21.9 Å². The number of hydrogen-bond acceptors (Lipinski definition) is 4. The number of non-ortho nitro benzene ring substituents is 1. The minimum Gasteiger partial charge on any atom is -0.323 e. The molecule has 1 aliphatic rings. The van der Waals surface area contributed by atoms with Crippen molar-refractivity contribution in [1.82, 2.24) is 9.88 Å². The van der Waals surface area contributed by atoms with Crippen LogP contribution >= 0.6 is 11.6 Å². The number of fused-ring (bicyclic) bond motifs is 1. The molecule has 114 valence electrons. The van der Waals surface area contributed by atoms with E-state index in [4.69, 9.17) is 11.6 Å². The maximum atomic E-state index is 12.4. The molecule has 0 aliphatic carbocycles. The quantitative estimate of drug-likeness (QED) is 0.643. The van der Waals surface area contributed by atoms with Crippen molar-refractivity contribution >= 4 is 39.9 Å². The molecule has 0 N–H and O–H groups in total. The smallest absolute Gasteiger partial charge is 0.323 e. The van der Waals surface area contributed by atoms with Crippen LogP contribution in [0.1, 0.15) is 6.92 Å². The number of amides is 2. The van der Waals surface area contributed by atoms with Gasteiger partial charge < -0.3 is 4.90 Å². The number of carbonyl (C=O) groups is 1. The number of likely N-dealkylation sites (N-methyl/N-ethyl adjacent to an activating group) is 1. The Bertz CT molecular complexity index is 780. The number of carbonyl (C=O) groups excluding carboxylic acids is 1. The van der Waals surface area contributed by atoms with Crippen LogP contribution in [0.25, 0.3) is 10.9 Å². The first-order chi connectivity index (χ1) is 10.5. The Balaban J connectivity index is 2.22. The van der Waals surface area contributed by atoms with Crippen molar-refractivity contribution in [2.24, 2.45) is 0 Å². The molecule has 0 spiro atoms. The van der Waals surface area contributed by atoms with Gasteiger partial charge in [0, 0.05) is 37.3 Å². The second-order valence-corrected chi connectivity index (χ2v) is 5.31. The second-order valence-electron chi connectivity index (χ2n) is 4.90. The van der Waals surface area contributed by atoms with Crippen LogP contribution in [0, 0.1) is 10.1 Å². The highest BCUT2D eigenvalue weighted by atomic mass is 35.5. The SMILES string of the molecule is CCN1CCN(c2c(Cl)cnc3c([N+](=O)[O-])cccc23)C1=O. The molecule has 2 aromatic rings. The molecule has 1 aromatic heterocycles. The van der Waals surface area contributed by atoms with Gasteiger partial charge in [-0.15, -0.1) is 0 Å². The molecule has 2 amide bonds. The van der Waals surface area contributed by atoms with Gasteiger partial charge in [0.15, 0.2) is 0 Å². The summed E-state index contributed by atoms with van der Waals surface area (Å²) in [6.07, 6.45) is 1.36. The third kappa shape index (κ3) is 2.14. The lowest BCUT2D eigenvalue weighted by atomic mass is 10.1. The van der Waals surface area contributed by atoms with Gasteiger partial charge in [-0.05, 0) is 6.92 Å². The number of anilines is 1. The number of nitrogens with zero attached hydrogens (tertiary/aromatic N) is 4. The van der Waals surface area contributed by atoms with Gasteiger partial charge in [0.25, 0.3) is 5.69 Å². The van der Waals surface area contributed by atoms with Gasteiger partial charge in [0.05, 0.1) is 15.6 Å². The van der Waals surface area contributed by atoms with Gasteiger partial charge in [-0.25, -0.2) is 9.78 Å². The van der Waals surface area contributed by atoms with Crippen molar-refractivity contribution < 1.29 is 9.72 Å². The van der Waals surface area contributed by atoms with E-state index >= 15 is 0 Å². The highest BCUT2D eigenvalue weighted by molar-refractivity contribution is 6.35. The third-order valence-electron chi connectivity index (χ3n) is 3.75. The summed E-state index contributed by atoms with van der Waals surface area (Å²) in [5.41, 5.74) is 0.611. The topological polar surface area (TPSA) is 79.6 Å². The average Bonchev–Trinajstić information content (AvgIpc) is 2.87. The molecule has 3 rings (SSSR count). The summed E-state index contributed by atoms with van der Waals surface area (Å²) in [7, 11) is 0. The summed E-state index contributed by atoms with van der Waals surface area (Å²) in [5.74, 6) is 0. The minimum absolute atomic E-state index is 0.102. The number of halogens is 1. The Labute approximate surface area is 131 Å². The Morgan fingerprint density at radius 1 is 1.41 bits per heavy atom. The molecule has 0 bridgehead atoms. The van der Waals surface area contributed by atoms with Crippen molar-refractivity contribution in [3.05, 3.63) is 39.5 Å². The van der Waals surface area contributed by atoms with E-state index in [1.165, 1.54) is 12.3 Å². The number of urea groups is 1. The molecule has 1 saturated heterocycles. The zero-order valence-corrected chi connectivity index (χ0v) is 12.6. The molecule has 1 aromatic carbocycles. The van der Waals surface area contributed by atoms with E-state index in [9.17, 15) is 14.9 Å². The van der Waals surface area contributed by atoms with E-state index in [1.807, 2.05) is 6.92 Å². The van der Waals surface area contributed by atoms with Gasteiger partial charge in [-0.2, -0.15) is 0 Å². The number of para-hydroxylation sites is 1. The molecule has 1 aliphatic heterocycles. The van der Waals surface area contributed by atoms with Crippen LogP contribution in [0.4, 0.5) is 16.2 Å². The van der Waals surface area contributed by atoms with Crippen LogP contribution in [-0.4, -0.2) is 40.5 Å². The lowest BCUT2D eigenvalue weighted by Crippen LogP contribution is -2.31.